The molecule has 1 aromatic heterocycles. The van der Waals surface area contributed by atoms with E-state index in [1.807, 2.05) is 4.90 Å². The standard InChI is InChI=1S/C15H17N5O4S/c1-7(21)11-10-2-9(12(14(23)24)20(10)13(11)22)8-3-19(4-8)5-16-15-18-17-6-25-15/h5-8,10-11,21H,2-4H2,1H3,(H,23,24)/b16-5+/t7-,10-,11-/m1/s1. The Kier molecular flexibility index (Phi) is 3.80. The first kappa shape index (κ1) is 16.2. The van der Waals surface area contributed by atoms with E-state index < -0.39 is 18.0 Å². The van der Waals surface area contributed by atoms with Gasteiger partial charge < -0.3 is 20.0 Å². The molecule has 10 heteroatoms. The summed E-state index contributed by atoms with van der Waals surface area (Å²) in [6.45, 7) is 2.89. The van der Waals surface area contributed by atoms with Crippen LogP contribution in [0.5, 0.6) is 0 Å². The third-order valence-electron chi connectivity index (χ3n) is 5.05. The summed E-state index contributed by atoms with van der Waals surface area (Å²) in [5, 5.41) is 27.4. The zero-order valence-corrected chi connectivity index (χ0v) is 14.3. The fourth-order valence-corrected chi connectivity index (χ4v) is 4.24. The third kappa shape index (κ3) is 2.52. The summed E-state index contributed by atoms with van der Waals surface area (Å²) in [6, 6.07) is -0.224. The Morgan fingerprint density at radius 3 is 2.88 bits per heavy atom. The lowest BCUT2D eigenvalue weighted by Gasteiger charge is -2.44. The van der Waals surface area contributed by atoms with Crippen molar-refractivity contribution in [3.05, 3.63) is 16.8 Å². The molecule has 3 aliphatic rings. The lowest BCUT2D eigenvalue weighted by molar-refractivity contribution is -0.161. The van der Waals surface area contributed by atoms with Crippen LogP contribution in [0.25, 0.3) is 0 Å². The maximum Gasteiger partial charge on any atom is 0.352 e. The van der Waals surface area contributed by atoms with Gasteiger partial charge in [-0.15, -0.1) is 10.2 Å². The largest absolute Gasteiger partial charge is 0.477 e. The number of aromatic nitrogens is 2. The highest BCUT2D eigenvalue weighted by Gasteiger charge is 2.57. The summed E-state index contributed by atoms with van der Waals surface area (Å²) in [6.07, 6.45) is 1.45. The van der Waals surface area contributed by atoms with Crippen molar-refractivity contribution in [2.45, 2.75) is 25.5 Å². The van der Waals surface area contributed by atoms with Crippen molar-refractivity contribution in [3.63, 3.8) is 0 Å². The van der Waals surface area contributed by atoms with Gasteiger partial charge in [0.25, 0.3) is 0 Å². The minimum absolute atomic E-state index is 0.0834. The van der Waals surface area contributed by atoms with Crippen molar-refractivity contribution in [2.75, 3.05) is 13.1 Å². The molecule has 3 atom stereocenters. The molecule has 0 aliphatic carbocycles. The summed E-state index contributed by atoms with van der Waals surface area (Å²) < 4.78 is 0. The summed E-state index contributed by atoms with van der Waals surface area (Å²) in [7, 11) is 0. The van der Waals surface area contributed by atoms with E-state index in [0.717, 1.165) is 5.57 Å². The van der Waals surface area contributed by atoms with Gasteiger partial charge in [0.05, 0.1) is 24.4 Å². The van der Waals surface area contributed by atoms with Crippen LogP contribution in [0.4, 0.5) is 5.13 Å². The number of carboxylic acid groups (broad SMARTS) is 1. The normalized spacial score (nSPS) is 27.5. The van der Waals surface area contributed by atoms with Crippen molar-refractivity contribution < 1.29 is 19.8 Å². The second kappa shape index (κ2) is 5.88. The van der Waals surface area contributed by atoms with Crippen LogP contribution in [0.1, 0.15) is 13.3 Å². The van der Waals surface area contributed by atoms with E-state index in [-0.39, 0.29) is 23.6 Å². The maximum atomic E-state index is 12.2. The number of carbonyl (C=O) groups excluding carboxylic acids is 1. The molecule has 0 bridgehead atoms. The van der Waals surface area contributed by atoms with Gasteiger partial charge in [-0.2, -0.15) is 0 Å². The van der Waals surface area contributed by atoms with Crippen molar-refractivity contribution in [2.24, 2.45) is 16.8 Å². The fourth-order valence-electron chi connectivity index (χ4n) is 3.85. The van der Waals surface area contributed by atoms with Gasteiger partial charge >= 0.3 is 5.97 Å². The summed E-state index contributed by atoms with van der Waals surface area (Å²) in [4.78, 5) is 31.4. The predicted molar refractivity (Wildman–Crippen MR) is 88.2 cm³/mol. The van der Waals surface area contributed by atoms with Crippen LogP contribution in [-0.4, -0.2) is 73.7 Å². The Bertz CT molecular complexity index is 769. The number of carboxylic acids is 1. The lowest BCUT2D eigenvalue weighted by atomic mass is 9.81. The molecular formula is C15H17N5O4S. The topological polar surface area (TPSA) is 119 Å². The number of nitrogens with zero attached hydrogens (tertiary/aromatic N) is 5. The number of fused-ring (bicyclic) bond motifs is 1. The smallest absolute Gasteiger partial charge is 0.352 e. The monoisotopic (exact) mass is 363 g/mol. The van der Waals surface area contributed by atoms with Crippen LogP contribution >= 0.6 is 11.3 Å². The second-order valence-electron chi connectivity index (χ2n) is 6.54. The summed E-state index contributed by atoms with van der Waals surface area (Å²) in [5.41, 5.74) is 2.51. The molecule has 1 amide bonds. The lowest BCUT2D eigenvalue weighted by Crippen LogP contribution is -2.61. The molecule has 9 nitrogen and oxygen atoms in total. The van der Waals surface area contributed by atoms with Gasteiger partial charge in [-0.3, -0.25) is 4.79 Å². The number of β-lactam (4-membered cyclic amide) rings is 1. The number of hydrogen-bond acceptors (Lipinski definition) is 7. The van der Waals surface area contributed by atoms with Crippen LogP contribution in [0.15, 0.2) is 21.8 Å². The Morgan fingerprint density at radius 2 is 2.28 bits per heavy atom. The molecular weight excluding hydrogens is 346 g/mol. The molecule has 2 fully saturated rings. The van der Waals surface area contributed by atoms with Gasteiger partial charge in [0.15, 0.2) is 0 Å². The van der Waals surface area contributed by atoms with Crippen molar-refractivity contribution in [1.82, 2.24) is 20.0 Å². The SMILES string of the molecule is C[C@@H](O)[C@H]1C(=O)N2C(C(=O)O)=C(C3CN(/C=N/c4nncs4)C3)C[C@H]12. The number of aliphatic hydroxyl groups is 1. The number of aliphatic imine (C=N–C) groups is 1. The molecule has 0 unspecified atom stereocenters. The first-order valence-electron chi connectivity index (χ1n) is 7.99. The number of amides is 1. The molecule has 0 radical (unpaired) electrons. The average Bonchev–Trinajstić information content (AvgIpc) is 3.11. The first-order valence-corrected chi connectivity index (χ1v) is 8.87. The quantitative estimate of drug-likeness (QED) is 0.432. The molecule has 2 N–H and O–H groups in total. The van der Waals surface area contributed by atoms with Crippen LogP contribution in [0.2, 0.25) is 0 Å². The van der Waals surface area contributed by atoms with E-state index in [4.69, 9.17) is 0 Å². The average molecular weight is 363 g/mol. The van der Waals surface area contributed by atoms with Gasteiger partial charge in [-0.05, 0) is 18.9 Å². The van der Waals surface area contributed by atoms with E-state index in [2.05, 4.69) is 15.2 Å². The molecule has 0 aromatic carbocycles. The van der Waals surface area contributed by atoms with E-state index >= 15 is 0 Å². The van der Waals surface area contributed by atoms with E-state index in [1.165, 1.54) is 16.2 Å². The second-order valence-corrected chi connectivity index (χ2v) is 7.35. The zero-order chi connectivity index (χ0) is 17.7. The van der Waals surface area contributed by atoms with Crippen LogP contribution < -0.4 is 0 Å². The molecule has 4 rings (SSSR count). The number of hydrogen-bond donors (Lipinski definition) is 2. The van der Waals surface area contributed by atoms with E-state index in [0.29, 0.717) is 24.6 Å². The van der Waals surface area contributed by atoms with Gasteiger partial charge in [0.1, 0.15) is 11.2 Å². The third-order valence-corrected chi connectivity index (χ3v) is 5.65. The van der Waals surface area contributed by atoms with Gasteiger partial charge in [-0.1, -0.05) is 11.3 Å². The van der Waals surface area contributed by atoms with Crippen LogP contribution in [0.3, 0.4) is 0 Å². The van der Waals surface area contributed by atoms with Crippen molar-refractivity contribution >= 4 is 34.7 Å². The zero-order valence-electron chi connectivity index (χ0n) is 13.4. The Balaban J connectivity index is 1.46. The fraction of sp³-hybridized carbons (Fsp3) is 0.533. The number of carbonyl (C=O) groups is 2. The van der Waals surface area contributed by atoms with Crippen LogP contribution in [0, 0.1) is 11.8 Å². The molecule has 0 saturated carbocycles. The minimum atomic E-state index is -1.07. The van der Waals surface area contributed by atoms with Gasteiger partial charge in [-0.25, -0.2) is 9.79 Å². The number of likely N-dealkylation sites (tertiary alicyclic amines) is 1. The maximum absolute atomic E-state index is 12.2. The van der Waals surface area contributed by atoms with E-state index in [9.17, 15) is 19.8 Å². The van der Waals surface area contributed by atoms with Gasteiger partial charge in [0, 0.05) is 19.0 Å². The summed E-state index contributed by atoms with van der Waals surface area (Å²) >= 11 is 1.34. The predicted octanol–water partition coefficient (Wildman–Crippen LogP) is 0.0799. The molecule has 1 aromatic rings. The highest BCUT2D eigenvalue weighted by Crippen LogP contribution is 2.47. The Hall–Kier alpha value is -2.33. The Labute approximate surface area is 147 Å². The van der Waals surface area contributed by atoms with E-state index in [1.54, 1.807) is 18.8 Å². The molecule has 132 valence electrons. The van der Waals surface area contributed by atoms with Crippen molar-refractivity contribution in [1.29, 1.82) is 0 Å². The molecule has 4 heterocycles. The molecule has 2 saturated heterocycles. The number of rotatable bonds is 5. The summed E-state index contributed by atoms with van der Waals surface area (Å²) in [5.74, 6) is -1.78. The van der Waals surface area contributed by atoms with Gasteiger partial charge in [0.2, 0.25) is 11.0 Å². The number of aliphatic hydroxyl groups excluding tert-OH is 1. The molecule has 0 spiro atoms. The van der Waals surface area contributed by atoms with Crippen LogP contribution in [-0.2, 0) is 9.59 Å². The molecule has 25 heavy (non-hydrogen) atoms. The van der Waals surface area contributed by atoms with Crippen molar-refractivity contribution in [3.8, 4) is 0 Å². The highest BCUT2D eigenvalue weighted by atomic mass is 32.1. The first-order chi connectivity index (χ1) is 12.0. The Morgan fingerprint density at radius 1 is 1.52 bits per heavy atom. The highest BCUT2D eigenvalue weighted by molar-refractivity contribution is 7.13. The molecule has 3 aliphatic heterocycles. The number of aliphatic carboxylic acids is 1. The minimum Gasteiger partial charge on any atom is -0.477 e.